The topological polar surface area (TPSA) is 268 Å². The number of nitrogens with two attached hydrogens (primary N) is 3. The van der Waals surface area contributed by atoms with Crippen LogP contribution >= 0.6 is 0 Å². The van der Waals surface area contributed by atoms with Crippen LogP contribution in [0.5, 0.6) is 0 Å². The Hall–Kier alpha value is -6.40. The number of alkyl halides is 3. The third-order valence-electron chi connectivity index (χ3n) is 8.36. The van der Waals surface area contributed by atoms with Gasteiger partial charge in [0.25, 0.3) is 0 Å². The van der Waals surface area contributed by atoms with Crippen LogP contribution in [0.25, 0.3) is 10.9 Å². The van der Waals surface area contributed by atoms with Crippen molar-refractivity contribution >= 4 is 46.4 Å². The van der Waals surface area contributed by atoms with Gasteiger partial charge in [0.1, 0.15) is 24.2 Å². The number of carbonyl (C=O) groups is 5. The van der Waals surface area contributed by atoms with Crippen molar-refractivity contribution in [1.82, 2.24) is 36.2 Å². The summed E-state index contributed by atoms with van der Waals surface area (Å²) in [5.41, 5.74) is 17.9. The van der Waals surface area contributed by atoms with Crippen LogP contribution in [0.3, 0.4) is 0 Å². The number of rotatable bonds is 18. The van der Waals surface area contributed by atoms with Crippen LogP contribution in [-0.4, -0.2) is 81.2 Å². The standard InChI is InChI=1S/C35H42F3N11O5/c1-19(50)46-29(15-23-17-42-18-45-23)33(54)49-28(13-20-8-10-22(11-9-20)35(36,37)38)32(53)47-26(7-4-12-43-34(40)41)31(52)48-27(30(39)51)14-21-16-44-25-6-3-2-5-24(21)25/h2-3,5-6,8-11,16-18,26-29,44H,4,7,12-15H2,1H3,(H2,39,51)(H,42,45)(H,46,50)(H,47,53)(H,48,52)(H,49,54)(H4,40,41,43)/t26-,27-,28+,29-/m0/s1. The maximum absolute atomic E-state index is 14.0. The molecule has 0 aliphatic carbocycles. The molecule has 5 amide bonds. The SMILES string of the molecule is CC(=O)N[C@@H](Cc1cnc[nH]1)C(=O)N[C@H](Cc1ccc(C(F)(F)F)cc1)C(=O)N[C@@H](CCCN=C(N)N)C(=O)N[C@@H](Cc1c[nH]c2ccccc12)C(N)=O. The second-order valence-corrected chi connectivity index (χ2v) is 12.5. The van der Waals surface area contributed by atoms with Gasteiger partial charge in [0.15, 0.2) is 5.96 Å². The number of carbonyl (C=O) groups excluding carboxylic acids is 5. The summed E-state index contributed by atoms with van der Waals surface area (Å²) < 4.78 is 39.9. The Bertz CT molecular complexity index is 1940. The Morgan fingerprint density at radius 3 is 2.04 bits per heavy atom. The number of amides is 5. The highest BCUT2D eigenvalue weighted by Crippen LogP contribution is 2.29. The normalized spacial score (nSPS) is 13.6. The van der Waals surface area contributed by atoms with Gasteiger partial charge in [-0.25, -0.2) is 4.98 Å². The molecule has 0 fully saturated rings. The van der Waals surface area contributed by atoms with E-state index < -0.39 is 65.4 Å². The van der Waals surface area contributed by atoms with Gasteiger partial charge < -0.3 is 48.4 Å². The second kappa shape index (κ2) is 18.4. The van der Waals surface area contributed by atoms with E-state index in [-0.39, 0.29) is 50.2 Å². The first kappa shape index (κ1) is 40.4. The van der Waals surface area contributed by atoms with Crippen molar-refractivity contribution in [3.8, 4) is 0 Å². The van der Waals surface area contributed by atoms with Crippen molar-refractivity contribution in [2.24, 2.45) is 22.2 Å². The van der Waals surface area contributed by atoms with Crippen LogP contribution in [0.4, 0.5) is 13.2 Å². The van der Waals surface area contributed by atoms with Gasteiger partial charge in [-0.05, 0) is 42.2 Å². The number of benzene rings is 2. The van der Waals surface area contributed by atoms with Gasteiger partial charge in [0, 0.05) is 61.7 Å². The molecule has 2 aromatic heterocycles. The summed E-state index contributed by atoms with van der Waals surface area (Å²) in [5.74, 6) is -4.06. The molecule has 0 radical (unpaired) electrons. The Balaban J connectivity index is 1.60. The molecule has 0 aliphatic rings. The number of aromatic nitrogens is 3. The van der Waals surface area contributed by atoms with Gasteiger partial charge in [0.05, 0.1) is 11.9 Å². The maximum Gasteiger partial charge on any atom is 0.416 e. The van der Waals surface area contributed by atoms with Crippen molar-refractivity contribution in [2.45, 2.75) is 69.4 Å². The van der Waals surface area contributed by atoms with E-state index >= 15 is 0 Å². The van der Waals surface area contributed by atoms with Crippen LogP contribution in [-0.2, 0) is 49.4 Å². The first-order valence-corrected chi connectivity index (χ1v) is 16.8. The summed E-state index contributed by atoms with van der Waals surface area (Å²) in [4.78, 5) is 79.7. The Kier molecular flexibility index (Phi) is 13.7. The van der Waals surface area contributed by atoms with Gasteiger partial charge in [-0.15, -0.1) is 0 Å². The molecule has 12 N–H and O–H groups in total. The number of fused-ring (bicyclic) bond motifs is 1. The number of nitrogens with zero attached hydrogens (tertiary/aromatic N) is 2. The van der Waals surface area contributed by atoms with Gasteiger partial charge >= 0.3 is 6.18 Å². The van der Waals surface area contributed by atoms with E-state index in [9.17, 15) is 37.1 Å². The average Bonchev–Trinajstić information content (AvgIpc) is 3.78. The molecule has 0 spiro atoms. The van der Waals surface area contributed by atoms with E-state index in [1.54, 1.807) is 6.20 Å². The highest BCUT2D eigenvalue weighted by atomic mass is 19.4. The lowest BCUT2D eigenvalue weighted by Crippen LogP contribution is -2.59. The van der Waals surface area contributed by atoms with Crippen LogP contribution in [0, 0.1) is 0 Å². The zero-order chi connectivity index (χ0) is 39.4. The quantitative estimate of drug-likeness (QED) is 0.0390. The molecule has 0 saturated carbocycles. The number of nitrogens with one attached hydrogen (secondary N) is 6. The summed E-state index contributed by atoms with van der Waals surface area (Å²) >= 11 is 0. The van der Waals surface area contributed by atoms with Crippen LogP contribution < -0.4 is 38.5 Å². The molecule has 0 unspecified atom stereocenters. The average molecular weight is 754 g/mol. The number of para-hydroxylation sites is 1. The number of aromatic amines is 2. The highest BCUT2D eigenvalue weighted by Gasteiger charge is 2.33. The number of primary amides is 1. The van der Waals surface area contributed by atoms with Crippen molar-refractivity contribution in [3.05, 3.63) is 89.6 Å². The Morgan fingerprint density at radius 2 is 1.43 bits per heavy atom. The predicted molar refractivity (Wildman–Crippen MR) is 192 cm³/mol. The lowest BCUT2D eigenvalue weighted by molar-refractivity contribution is -0.137. The minimum Gasteiger partial charge on any atom is -0.370 e. The molecule has 0 aliphatic heterocycles. The number of aliphatic imine (C=N–C) groups is 1. The molecule has 0 bridgehead atoms. The van der Waals surface area contributed by atoms with Crippen LogP contribution in [0.2, 0.25) is 0 Å². The zero-order valence-electron chi connectivity index (χ0n) is 29.2. The summed E-state index contributed by atoms with van der Waals surface area (Å²) in [6.45, 7) is 1.28. The van der Waals surface area contributed by atoms with E-state index in [0.717, 1.165) is 35.2 Å². The number of hydrogen-bond acceptors (Lipinski definition) is 7. The smallest absolute Gasteiger partial charge is 0.370 e. The molecule has 2 heterocycles. The third-order valence-corrected chi connectivity index (χ3v) is 8.36. The summed E-state index contributed by atoms with van der Waals surface area (Å²) in [7, 11) is 0. The van der Waals surface area contributed by atoms with Crippen LogP contribution in [0.15, 0.2) is 72.2 Å². The lowest BCUT2D eigenvalue weighted by atomic mass is 10.0. The zero-order valence-corrected chi connectivity index (χ0v) is 29.2. The molecule has 288 valence electrons. The molecule has 4 rings (SSSR count). The molecule has 16 nitrogen and oxygen atoms in total. The number of halogens is 3. The summed E-state index contributed by atoms with van der Waals surface area (Å²) in [5, 5.41) is 11.1. The fourth-order valence-corrected chi connectivity index (χ4v) is 5.68. The second-order valence-electron chi connectivity index (χ2n) is 12.5. The molecule has 0 saturated heterocycles. The Morgan fingerprint density at radius 1 is 0.796 bits per heavy atom. The lowest BCUT2D eigenvalue weighted by Gasteiger charge is -2.26. The number of hydrogen-bond donors (Lipinski definition) is 9. The fourth-order valence-electron chi connectivity index (χ4n) is 5.68. The van der Waals surface area contributed by atoms with Crippen molar-refractivity contribution < 1.29 is 37.1 Å². The van der Waals surface area contributed by atoms with E-state index in [2.05, 4.69) is 41.2 Å². The summed E-state index contributed by atoms with van der Waals surface area (Å²) in [6, 6.07) is 6.15. The molecular formula is C35H42F3N11O5. The minimum atomic E-state index is -4.61. The molecule has 4 atom stereocenters. The predicted octanol–water partition coefficient (Wildman–Crippen LogP) is 0.436. The first-order valence-electron chi connectivity index (χ1n) is 16.8. The third kappa shape index (κ3) is 11.8. The largest absolute Gasteiger partial charge is 0.416 e. The Labute approximate surface area is 307 Å². The van der Waals surface area contributed by atoms with E-state index in [1.165, 1.54) is 19.4 Å². The number of imidazole rings is 1. The molecule has 4 aromatic rings. The number of guanidine groups is 1. The fraction of sp³-hybridized carbons (Fsp3) is 0.343. The van der Waals surface area contributed by atoms with Crippen molar-refractivity contribution in [1.29, 1.82) is 0 Å². The van der Waals surface area contributed by atoms with Crippen LogP contribution in [0.1, 0.15) is 42.1 Å². The van der Waals surface area contributed by atoms with Crippen molar-refractivity contribution in [3.63, 3.8) is 0 Å². The summed E-state index contributed by atoms with van der Waals surface area (Å²) in [6.07, 6.45) is -0.285. The highest BCUT2D eigenvalue weighted by molar-refractivity contribution is 5.96. The van der Waals surface area contributed by atoms with Gasteiger partial charge in [-0.2, -0.15) is 13.2 Å². The molecule has 19 heteroatoms. The molecule has 2 aromatic carbocycles. The van der Waals surface area contributed by atoms with Crippen molar-refractivity contribution in [2.75, 3.05) is 6.54 Å². The monoisotopic (exact) mass is 753 g/mol. The molecular weight excluding hydrogens is 711 g/mol. The maximum atomic E-state index is 14.0. The van der Waals surface area contributed by atoms with Gasteiger partial charge in [-0.3, -0.25) is 29.0 Å². The minimum absolute atomic E-state index is 0.0211. The van der Waals surface area contributed by atoms with Gasteiger partial charge in [0.2, 0.25) is 29.5 Å². The van der Waals surface area contributed by atoms with E-state index in [1.807, 2.05) is 24.3 Å². The number of H-pyrrole nitrogens is 2. The molecule has 54 heavy (non-hydrogen) atoms. The van der Waals surface area contributed by atoms with Gasteiger partial charge in [-0.1, -0.05) is 30.3 Å². The first-order chi connectivity index (χ1) is 25.6. The van der Waals surface area contributed by atoms with E-state index in [4.69, 9.17) is 17.2 Å². The van der Waals surface area contributed by atoms with E-state index in [0.29, 0.717) is 11.3 Å².